The summed E-state index contributed by atoms with van der Waals surface area (Å²) in [4.78, 5) is 25.8. The predicted octanol–water partition coefficient (Wildman–Crippen LogP) is -0.163. The fourth-order valence-electron chi connectivity index (χ4n) is 4.59. The predicted molar refractivity (Wildman–Crippen MR) is 134 cm³/mol. The molecule has 1 heterocycles. The third kappa shape index (κ3) is 6.38. The number of carbonyl (C=O) groups excluding carboxylic acids is 2. The molecule has 12 nitrogen and oxygen atoms in total. The summed E-state index contributed by atoms with van der Waals surface area (Å²) >= 11 is 0. The Bertz CT molecular complexity index is 1230. The second-order valence-electron chi connectivity index (χ2n) is 9.32. The zero-order chi connectivity index (χ0) is 28.8. The van der Waals surface area contributed by atoms with Crippen LogP contribution in [0.25, 0.3) is 0 Å². The molecule has 0 spiro atoms. The number of rotatable bonds is 7. The van der Waals surface area contributed by atoms with E-state index in [0.29, 0.717) is 0 Å². The Hall–Kier alpha value is -3.67. The van der Waals surface area contributed by atoms with Crippen LogP contribution in [0.2, 0.25) is 0 Å². The van der Waals surface area contributed by atoms with E-state index in [1.807, 2.05) is 0 Å². The zero-order valence-corrected chi connectivity index (χ0v) is 21.1. The lowest BCUT2D eigenvalue weighted by Crippen LogP contribution is -2.61. The first kappa shape index (κ1) is 29.3. The topological polar surface area (TPSA) is 196 Å². The summed E-state index contributed by atoms with van der Waals surface area (Å²) in [6.07, 6.45) is -13.0. The first-order valence-corrected chi connectivity index (χ1v) is 12.5. The maximum atomic E-state index is 12.9. The van der Waals surface area contributed by atoms with Crippen LogP contribution in [0.5, 0.6) is 0 Å². The van der Waals surface area contributed by atoms with Crippen molar-refractivity contribution in [3.05, 3.63) is 83.4 Å². The number of nitrogens with zero attached hydrogens (tertiary/aromatic N) is 1. The average Bonchev–Trinajstić information content (AvgIpc) is 2.98. The highest BCUT2D eigenvalue weighted by atomic mass is 16.7. The molecule has 1 aliphatic carbocycles. The molecule has 9 atom stereocenters. The monoisotopic (exact) mass is 555 g/mol. The van der Waals surface area contributed by atoms with E-state index >= 15 is 0 Å². The lowest BCUT2D eigenvalue weighted by molar-refractivity contribution is -0.312. The van der Waals surface area contributed by atoms with Gasteiger partial charge in [0, 0.05) is 18.1 Å². The number of allylic oxidation sites excluding steroid dienone is 1. The molecular weight excluding hydrogens is 526 g/mol. The quantitative estimate of drug-likeness (QED) is 0.224. The van der Waals surface area contributed by atoms with Gasteiger partial charge in [-0.05, 0) is 24.3 Å². The van der Waals surface area contributed by atoms with Crippen molar-refractivity contribution in [2.75, 3.05) is 6.61 Å². The van der Waals surface area contributed by atoms with Gasteiger partial charge in [0.15, 0.2) is 12.4 Å². The highest BCUT2D eigenvalue weighted by Crippen LogP contribution is 2.35. The summed E-state index contributed by atoms with van der Waals surface area (Å²) in [5, 5.41) is 60.8. The molecule has 0 amide bonds. The van der Waals surface area contributed by atoms with Crippen LogP contribution in [0.4, 0.5) is 0 Å². The average molecular weight is 556 g/mol. The maximum Gasteiger partial charge on any atom is 0.338 e. The fraction of sp³-hybridized carbons (Fsp3) is 0.393. The fourth-order valence-corrected chi connectivity index (χ4v) is 4.59. The Labute approximate surface area is 229 Å². The van der Waals surface area contributed by atoms with Crippen molar-refractivity contribution < 1.29 is 54.1 Å². The molecule has 5 N–H and O–H groups in total. The Morgan fingerprint density at radius 3 is 2.02 bits per heavy atom. The number of hydrogen-bond acceptors (Lipinski definition) is 12. The van der Waals surface area contributed by atoms with E-state index in [-0.39, 0.29) is 23.1 Å². The molecule has 4 rings (SSSR count). The molecule has 212 valence electrons. The minimum atomic E-state index is -1.77. The van der Waals surface area contributed by atoms with Crippen molar-refractivity contribution in [1.29, 1.82) is 5.26 Å². The second kappa shape index (κ2) is 13.1. The van der Waals surface area contributed by atoms with E-state index < -0.39 is 73.7 Å². The van der Waals surface area contributed by atoms with Gasteiger partial charge in [-0.2, -0.15) is 5.26 Å². The number of esters is 2. The second-order valence-corrected chi connectivity index (χ2v) is 9.32. The van der Waals surface area contributed by atoms with E-state index in [1.54, 1.807) is 42.5 Å². The number of carbonyl (C=O) groups is 2. The van der Waals surface area contributed by atoms with Crippen LogP contribution in [0.3, 0.4) is 0 Å². The molecule has 40 heavy (non-hydrogen) atoms. The van der Waals surface area contributed by atoms with Gasteiger partial charge in [-0.1, -0.05) is 36.4 Å². The third-order valence-corrected chi connectivity index (χ3v) is 6.74. The van der Waals surface area contributed by atoms with Gasteiger partial charge in [0.05, 0.1) is 29.9 Å². The van der Waals surface area contributed by atoms with E-state index in [2.05, 4.69) is 0 Å². The summed E-state index contributed by atoms with van der Waals surface area (Å²) < 4.78 is 22.5. The standard InChI is InChI=1S/C28H29NO11/c29-12-11-17-18(38-28-24(34)23(33)22(32)20(14-30)39-28)13-19(37-26(35)15-7-3-1-4-8-15)25(21(17)31)40-27(36)16-9-5-2-6-10-16/h1-11,18-25,28,30-34H,13-14H2. The molecule has 1 aliphatic heterocycles. The number of aliphatic hydroxyl groups excluding tert-OH is 5. The molecule has 1 saturated carbocycles. The van der Waals surface area contributed by atoms with Crippen LogP contribution >= 0.6 is 0 Å². The summed E-state index contributed by atoms with van der Waals surface area (Å²) in [5.74, 6) is -1.59. The lowest BCUT2D eigenvalue weighted by Gasteiger charge is -2.44. The van der Waals surface area contributed by atoms with Crippen molar-refractivity contribution >= 4 is 11.9 Å². The maximum absolute atomic E-state index is 12.9. The van der Waals surface area contributed by atoms with E-state index in [1.165, 1.54) is 24.3 Å². The number of hydrogen-bond donors (Lipinski definition) is 5. The van der Waals surface area contributed by atoms with Crippen LogP contribution in [0.1, 0.15) is 27.1 Å². The van der Waals surface area contributed by atoms with Crippen molar-refractivity contribution in [3.8, 4) is 6.07 Å². The molecule has 1 saturated heterocycles. The van der Waals surface area contributed by atoms with E-state index in [9.17, 15) is 40.4 Å². The van der Waals surface area contributed by atoms with Crippen molar-refractivity contribution in [2.45, 2.75) is 61.5 Å². The van der Waals surface area contributed by atoms with Crippen molar-refractivity contribution in [3.63, 3.8) is 0 Å². The van der Waals surface area contributed by atoms with E-state index in [4.69, 9.17) is 18.9 Å². The molecule has 2 aromatic rings. The lowest BCUT2D eigenvalue weighted by atomic mass is 9.84. The van der Waals surface area contributed by atoms with Gasteiger partial charge in [-0.3, -0.25) is 0 Å². The first-order valence-electron chi connectivity index (χ1n) is 12.5. The Morgan fingerprint density at radius 2 is 1.48 bits per heavy atom. The molecular formula is C28H29NO11. The minimum absolute atomic E-state index is 0.0719. The Balaban J connectivity index is 1.63. The molecule has 2 fully saturated rings. The van der Waals surface area contributed by atoms with Crippen LogP contribution in [-0.2, 0) is 18.9 Å². The molecule has 0 radical (unpaired) electrons. The highest BCUT2D eigenvalue weighted by molar-refractivity contribution is 5.90. The number of ether oxygens (including phenoxy) is 4. The van der Waals surface area contributed by atoms with Crippen molar-refractivity contribution in [1.82, 2.24) is 0 Å². The smallest absolute Gasteiger partial charge is 0.338 e. The van der Waals surface area contributed by atoms with Gasteiger partial charge in [0.1, 0.15) is 36.6 Å². The van der Waals surface area contributed by atoms with Gasteiger partial charge in [-0.15, -0.1) is 0 Å². The van der Waals surface area contributed by atoms with Crippen LogP contribution in [0.15, 0.2) is 72.3 Å². The highest BCUT2D eigenvalue weighted by Gasteiger charge is 2.50. The van der Waals surface area contributed by atoms with Gasteiger partial charge in [-0.25, -0.2) is 9.59 Å². The molecule has 0 aromatic heterocycles. The van der Waals surface area contributed by atoms with Gasteiger partial charge in [0.2, 0.25) is 0 Å². The Kier molecular flexibility index (Phi) is 9.62. The summed E-state index contributed by atoms with van der Waals surface area (Å²) in [6.45, 7) is -0.701. The molecule has 2 aromatic carbocycles. The van der Waals surface area contributed by atoms with Crippen LogP contribution < -0.4 is 0 Å². The number of benzene rings is 2. The summed E-state index contributed by atoms with van der Waals surface area (Å²) in [5.41, 5.74) is 0.292. The summed E-state index contributed by atoms with van der Waals surface area (Å²) in [7, 11) is 0. The number of nitriles is 1. The third-order valence-electron chi connectivity index (χ3n) is 6.74. The van der Waals surface area contributed by atoms with Gasteiger partial charge < -0.3 is 44.5 Å². The Morgan fingerprint density at radius 1 is 0.900 bits per heavy atom. The molecule has 12 heteroatoms. The normalized spacial score (nSPS) is 33.1. The van der Waals surface area contributed by atoms with Crippen LogP contribution in [-0.4, -0.2) is 99.2 Å². The SMILES string of the molecule is N#CC=C1C(OC2OC(CO)C(O)C(O)C2O)CC(OC(=O)c2ccccc2)C(OC(=O)c2ccccc2)C1O. The summed E-state index contributed by atoms with van der Waals surface area (Å²) in [6, 6.07) is 17.7. The zero-order valence-electron chi connectivity index (χ0n) is 21.1. The van der Waals surface area contributed by atoms with Crippen LogP contribution in [0, 0.1) is 11.3 Å². The first-order chi connectivity index (χ1) is 19.2. The number of aliphatic hydroxyl groups is 5. The van der Waals surface area contributed by atoms with Crippen molar-refractivity contribution in [2.24, 2.45) is 0 Å². The largest absolute Gasteiger partial charge is 0.455 e. The van der Waals surface area contributed by atoms with Gasteiger partial charge in [0.25, 0.3) is 0 Å². The molecule has 2 aliphatic rings. The molecule has 9 unspecified atom stereocenters. The minimum Gasteiger partial charge on any atom is -0.455 e. The molecule has 0 bridgehead atoms. The van der Waals surface area contributed by atoms with E-state index in [0.717, 1.165) is 6.08 Å². The van der Waals surface area contributed by atoms with Gasteiger partial charge >= 0.3 is 11.9 Å².